The number of rotatable bonds is 4. The van der Waals surface area contributed by atoms with Crippen LogP contribution in [0.4, 0.5) is 0 Å². The van der Waals surface area contributed by atoms with Crippen molar-refractivity contribution < 1.29 is 9.31 Å². The molecule has 1 aliphatic heterocycles. The van der Waals surface area contributed by atoms with Crippen LogP contribution in [0.5, 0.6) is 0 Å². The van der Waals surface area contributed by atoms with E-state index in [1.165, 1.54) is 5.56 Å². The molecule has 5 rings (SSSR count). The molecule has 0 radical (unpaired) electrons. The van der Waals surface area contributed by atoms with Crippen molar-refractivity contribution in [3.63, 3.8) is 0 Å². The maximum Gasteiger partial charge on any atom is 0.494 e. The third-order valence-corrected chi connectivity index (χ3v) is 6.51. The van der Waals surface area contributed by atoms with Gasteiger partial charge in [-0.1, -0.05) is 66.7 Å². The summed E-state index contributed by atoms with van der Waals surface area (Å²) in [6.45, 7) is 9.08. The Labute approximate surface area is 184 Å². The van der Waals surface area contributed by atoms with Crippen LogP contribution in [0.25, 0.3) is 22.4 Å². The predicted molar refractivity (Wildman–Crippen MR) is 126 cm³/mol. The fourth-order valence-electron chi connectivity index (χ4n) is 4.03. The molecule has 0 aliphatic carbocycles. The summed E-state index contributed by atoms with van der Waals surface area (Å²) in [7, 11) is -0.392. The molecule has 31 heavy (non-hydrogen) atoms. The van der Waals surface area contributed by atoms with Crippen molar-refractivity contribution in [3.05, 3.63) is 84.4 Å². The quantitative estimate of drug-likeness (QED) is 0.442. The van der Waals surface area contributed by atoms with E-state index in [-0.39, 0.29) is 11.2 Å². The Balaban J connectivity index is 1.57. The lowest BCUT2D eigenvalue weighted by Crippen LogP contribution is -2.41. The molecule has 1 aromatic heterocycles. The van der Waals surface area contributed by atoms with Crippen LogP contribution in [-0.4, -0.2) is 27.9 Å². The molecule has 156 valence electrons. The van der Waals surface area contributed by atoms with Crippen LogP contribution < -0.4 is 5.46 Å². The zero-order valence-electron chi connectivity index (χ0n) is 18.5. The van der Waals surface area contributed by atoms with Gasteiger partial charge in [0, 0.05) is 12.1 Å². The summed E-state index contributed by atoms with van der Waals surface area (Å²) in [5.74, 6) is 0.948. The maximum absolute atomic E-state index is 6.28. The van der Waals surface area contributed by atoms with E-state index in [0.29, 0.717) is 0 Å². The number of nitrogens with zero attached hydrogens (tertiary/aromatic N) is 2. The summed E-state index contributed by atoms with van der Waals surface area (Å²) >= 11 is 0. The zero-order chi connectivity index (χ0) is 21.6. The third-order valence-electron chi connectivity index (χ3n) is 6.51. The minimum absolute atomic E-state index is 0.367. The van der Waals surface area contributed by atoms with Gasteiger partial charge in [0.25, 0.3) is 0 Å². The minimum Gasteiger partial charge on any atom is -0.399 e. The number of hydrogen-bond acceptors (Lipinski definition) is 3. The first-order chi connectivity index (χ1) is 14.8. The molecule has 1 saturated heterocycles. The highest BCUT2D eigenvalue weighted by atomic mass is 16.7. The van der Waals surface area contributed by atoms with Gasteiger partial charge in [0.1, 0.15) is 5.82 Å². The molecular weight excluding hydrogens is 383 g/mol. The van der Waals surface area contributed by atoms with Gasteiger partial charge in [-0.25, -0.2) is 4.98 Å². The predicted octanol–water partition coefficient (Wildman–Crippen LogP) is 5.05. The van der Waals surface area contributed by atoms with Crippen LogP contribution in [-0.2, 0) is 15.9 Å². The summed E-state index contributed by atoms with van der Waals surface area (Å²) in [5, 5.41) is 0. The second-order valence-corrected chi connectivity index (χ2v) is 9.21. The third kappa shape index (κ3) is 3.58. The normalized spacial score (nSPS) is 17.4. The highest BCUT2D eigenvalue weighted by Gasteiger charge is 2.51. The summed E-state index contributed by atoms with van der Waals surface area (Å²) < 4.78 is 14.8. The van der Waals surface area contributed by atoms with Gasteiger partial charge in [0.05, 0.1) is 22.2 Å². The van der Waals surface area contributed by atoms with Crippen molar-refractivity contribution in [2.75, 3.05) is 0 Å². The number of para-hydroxylation sites is 2. The highest BCUT2D eigenvalue weighted by Crippen LogP contribution is 2.36. The van der Waals surface area contributed by atoms with E-state index in [2.05, 4.69) is 99.0 Å². The lowest BCUT2D eigenvalue weighted by atomic mass is 9.78. The van der Waals surface area contributed by atoms with Crippen molar-refractivity contribution in [3.8, 4) is 11.4 Å². The second kappa shape index (κ2) is 7.36. The highest BCUT2D eigenvalue weighted by molar-refractivity contribution is 6.62. The van der Waals surface area contributed by atoms with Gasteiger partial charge >= 0.3 is 7.12 Å². The molecule has 0 N–H and O–H groups in total. The molecule has 4 aromatic rings. The van der Waals surface area contributed by atoms with Crippen molar-refractivity contribution >= 4 is 23.6 Å². The lowest BCUT2D eigenvalue weighted by Gasteiger charge is -2.32. The topological polar surface area (TPSA) is 36.3 Å². The Morgan fingerprint density at radius 3 is 2.23 bits per heavy atom. The maximum atomic E-state index is 6.28. The summed E-state index contributed by atoms with van der Waals surface area (Å²) in [5.41, 5.74) is 4.70. The number of hydrogen-bond donors (Lipinski definition) is 0. The number of imidazole rings is 1. The van der Waals surface area contributed by atoms with E-state index in [1.54, 1.807) is 0 Å². The molecule has 0 spiro atoms. The SMILES string of the molecule is CC1(C)OB(c2cccc(-c3nc4ccccc4n3Cc3ccccc3)c2)OC1(C)C. The van der Waals surface area contributed by atoms with E-state index in [4.69, 9.17) is 14.3 Å². The number of benzene rings is 3. The molecule has 0 saturated carbocycles. The summed E-state index contributed by atoms with van der Waals surface area (Å²) in [6.07, 6.45) is 0. The first kappa shape index (κ1) is 20.0. The van der Waals surface area contributed by atoms with Crippen LogP contribution in [0.3, 0.4) is 0 Å². The molecule has 5 heteroatoms. The van der Waals surface area contributed by atoms with Crippen LogP contribution in [0, 0.1) is 0 Å². The average molecular weight is 410 g/mol. The smallest absolute Gasteiger partial charge is 0.399 e. The molecule has 3 aromatic carbocycles. The lowest BCUT2D eigenvalue weighted by molar-refractivity contribution is 0.00578. The molecule has 0 bridgehead atoms. The minimum atomic E-state index is -0.392. The molecule has 1 fully saturated rings. The van der Waals surface area contributed by atoms with E-state index in [1.807, 2.05) is 12.1 Å². The first-order valence-electron chi connectivity index (χ1n) is 10.8. The van der Waals surface area contributed by atoms with E-state index >= 15 is 0 Å². The van der Waals surface area contributed by atoms with Gasteiger partial charge < -0.3 is 13.9 Å². The largest absolute Gasteiger partial charge is 0.494 e. The molecule has 4 nitrogen and oxygen atoms in total. The van der Waals surface area contributed by atoms with Gasteiger partial charge in [-0.3, -0.25) is 0 Å². The van der Waals surface area contributed by atoms with E-state index < -0.39 is 7.12 Å². The second-order valence-electron chi connectivity index (χ2n) is 9.21. The van der Waals surface area contributed by atoms with Crippen LogP contribution in [0.2, 0.25) is 0 Å². The van der Waals surface area contributed by atoms with Gasteiger partial charge in [-0.05, 0) is 50.9 Å². The van der Waals surface area contributed by atoms with Crippen LogP contribution in [0.1, 0.15) is 33.3 Å². The Morgan fingerprint density at radius 1 is 0.806 bits per heavy atom. The summed E-state index contributed by atoms with van der Waals surface area (Å²) in [4.78, 5) is 4.99. The van der Waals surface area contributed by atoms with Crippen molar-refractivity contribution in [2.45, 2.75) is 45.4 Å². The standard InChI is InChI=1S/C26H27BN2O2/c1-25(2)26(3,4)31-27(30-25)21-14-10-13-20(17-21)24-28-22-15-8-9-16-23(22)29(24)18-19-11-6-5-7-12-19/h5-17H,18H2,1-4H3. The molecule has 2 heterocycles. The van der Waals surface area contributed by atoms with Crippen molar-refractivity contribution in [2.24, 2.45) is 0 Å². The van der Waals surface area contributed by atoms with Gasteiger partial charge in [0.2, 0.25) is 0 Å². The Hall–Kier alpha value is -2.89. The van der Waals surface area contributed by atoms with Gasteiger partial charge in [-0.15, -0.1) is 0 Å². The first-order valence-corrected chi connectivity index (χ1v) is 10.8. The number of aromatic nitrogens is 2. The number of fused-ring (bicyclic) bond motifs is 1. The van der Waals surface area contributed by atoms with Crippen molar-refractivity contribution in [1.29, 1.82) is 0 Å². The van der Waals surface area contributed by atoms with Gasteiger partial charge in [-0.2, -0.15) is 0 Å². The van der Waals surface area contributed by atoms with E-state index in [0.717, 1.165) is 34.4 Å². The average Bonchev–Trinajstić information content (AvgIpc) is 3.22. The fourth-order valence-corrected chi connectivity index (χ4v) is 4.03. The molecule has 0 amide bonds. The fraction of sp³-hybridized carbons (Fsp3) is 0.269. The molecule has 0 unspecified atom stereocenters. The van der Waals surface area contributed by atoms with Gasteiger partial charge in [0.15, 0.2) is 0 Å². The molecule has 0 atom stereocenters. The Kier molecular flexibility index (Phi) is 4.76. The zero-order valence-corrected chi connectivity index (χ0v) is 18.5. The van der Waals surface area contributed by atoms with Crippen molar-refractivity contribution in [1.82, 2.24) is 9.55 Å². The van der Waals surface area contributed by atoms with Crippen LogP contribution >= 0.6 is 0 Å². The Morgan fingerprint density at radius 2 is 1.48 bits per heavy atom. The molecule has 1 aliphatic rings. The summed E-state index contributed by atoms with van der Waals surface area (Å²) in [6, 6.07) is 27.2. The molecular formula is C26H27BN2O2. The van der Waals surface area contributed by atoms with E-state index in [9.17, 15) is 0 Å². The monoisotopic (exact) mass is 410 g/mol. The van der Waals surface area contributed by atoms with Crippen LogP contribution in [0.15, 0.2) is 78.9 Å². The Bertz CT molecular complexity index is 1210.